The Hall–Kier alpha value is -1.30. The van der Waals surface area contributed by atoms with Crippen LogP contribution in [-0.4, -0.2) is 130 Å². The van der Waals surface area contributed by atoms with Crippen molar-refractivity contribution < 1.29 is 105 Å². The highest BCUT2D eigenvalue weighted by molar-refractivity contribution is 4.91. The average Bonchev–Trinajstić information content (AvgIpc) is 3.37. The highest BCUT2D eigenvalue weighted by atomic mass is 19.2. The van der Waals surface area contributed by atoms with E-state index in [1.807, 2.05) is 27.7 Å². The van der Waals surface area contributed by atoms with E-state index in [-0.39, 0.29) is 92.2 Å². The Balaban J connectivity index is -0.000000133. The minimum atomic E-state index is -1.62. The first kappa shape index (κ1) is 101. The number of hydrogen-bond donors (Lipinski definition) is 0. The zero-order valence-corrected chi connectivity index (χ0v) is 55.3. The van der Waals surface area contributed by atoms with Crippen molar-refractivity contribution in [1.82, 2.24) is 0 Å². The van der Waals surface area contributed by atoms with Crippen LogP contribution in [-0.2, 0) is 0 Å². The Labute approximate surface area is 511 Å². The second-order valence-electron chi connectivity index (χ2n) is 27.5. The second kappa shape index (κ2) is 50.3. The summed E-state index contributed by atoms with van der Waals surface area (Å²) in [5, 5.41) is 0. The van der Waals surface area contributed by atoms with Gasteiger partial charge in [-0.05, 0) is 148 Å². The van der Waals surface area contributed by atoms with Crippen molar-refractivity contribution in [1.29, 1.82) is 0 Å². The Bertz CT molecular complexity index is 1380. The van der Waals surface area contributed by atoms with Crippen LogP contribution < -0.4 is 0 Å². The van der Waals surface area contributed by atoms with Crippen molar-refractivity contribution in [3.8, 4) is 0 Å². The van der Waals surface area contributed by atoms with Gasteiger partial charge in [-0.25, -0.2) is 61.5 Å². The van der Waals surface area contributed by atoms with Gasteiger partial charge in [0.25, 0.3) is 0 Å². The lowest BCUT2D eigenvalue weighted by Gasteiger charge is -2.33. The quantitative estimate of drug-likeness (QED) is 0.205. The zero-order chi connectivity index (χ0) is 60.0. The monoisotopic (exact) mass is 1290 g/mol. The lowest BCUT2D eigenvalue weighted by molar-refractivity contribution is -0.0121. The Morgan fingerprint density at radius 3 is 0.570 bits per heavy atom. The molecule has 0 radical (unpaired) electrons. The molecule has 0 saturated heterocycles. The molecule has 22 heteroatoms. The van der Waals surface area contributed by atoms with Crippen molar-refractivity contribution in [2.45, 2.75) is 313 Å². The fourth-order valence-corrected chi connectivity index (χ4v) is 11.9. The SMILES string of the molecule is CC1CC(F)C(C)C(F)C1.CC1CC(F)C(C)C(F)C1.CC1CC(F)C(C)C(F)C1F.CC1CC(F)C(C)C(F)C1F.CC1CCC(C)C(F)C1.CC1CCC(C)C(F)C1.CC1CCC(C)C(F)C1F.CC1CCC(C)CC1.O.O.O.O.O.O.O.O. The van der Waals surface area contributed by atoms with Crippen molar-refractivity contribution >= 4 is 0 Å². The van der Waals surface area contributed by atoms with E-state index < -0.39 is 110 Å². The summed E-state index contributed by atoms with van der Waals surface area (Å²) >= 11 is 0. The number of halogens is 14. The molecule has 0 aromatic heterocycles. The maximum absolute atomic E-state index is 12.9. The van der Waals surface area contributed by atoms with Gasteiger partial charge >= 0.3 is 0 Å². The first-order valence-electron chi connectivity index (χ1n) is 31.1. The Kier molecular flexibility index (Phi) is 59.0. The molecule has 0 spiro atoms. The number of hydrogen-bond acceptors (Lipinski definition) is 0. The molecule has 8 aliphatic rings. The van der Waals surface area contributed by atoms with Gasteiger partial charge in [-0.15, -0.1) is 0 Å². The predicted octanol–water partition coefficient (Wildman–Crippen LogP) is 15.3. The molecule has 8 saturated carbocycles. The van der Waals surface area contributed by atoms with E-state index in [4.69, 9.17) is 0 Å². The maximum Gasteiger partial charge on any atom is 0.137 e. The molecule has 8 rings (SSSR count). The predicted molar refractivity (Wildman–Crippen MR) is 327 cm³/mol. The summed E-state index contributed by atoms with van der Waals surface area (Å²) in [6.07, 6.45) is 0.574. The maximum atomic E-state index is 12.9. The van der Waals surface area contributed by atoms with Gasteiger partial charge < -0.3 is 43.8 Å². The minimum absolute atomic E-state index is 0. The van der Waals surface area contributed by atoms with Gasteiger partial charge in [0, 0.05) is 23.7 Å². The molecule has 24 unspecified atom stereocenters. The lowest BCUT2D eigenvalue weighted by atomic mass is 9.80. The summed E-state index contributed by atoms with van der Waals surface area (Å²) < 4.78 is 180. The normalized spacial score (nSPS) is 43.7. The molecule has 8 nitrogen and oxygen atoms in total. The van der Waals surface area contributed by atoms with Crippen molar-refractivity contribution in [2.24, 2.45) is 94.7 Å². The highest BCUT2D eigenvalue weighted by Crippen LogP contribution is 2.39. The average molecular weight is 1290 g/mol. The van der Waals surface area contributed by atoms with Gasteiger partial charge in [-0.2, -0.15) is 0 Å². The summed E-state index contributed by atoms with van der Waals surface area (Å²) in [6.45, 7) is 29.7. The van der Waals surface area contributed by atoms with Crippen molar-refractivity contribution in [3.63, 3.8) is 0 Å². The van der Waals surface area contributed by atoms with E-state index in [1.54, 1.807) is 41.5 Å². The van der Waals surface area contributed by atoms with E-state index in [1.165, 1.54) is 52.4 Å². The molecule has 532 valence electrons. The van der Waals surface area contributed by atoms with Crippen LogP contribution in [0.25, 0.3) is 0 Å². The van der Waals surface area contributed by atoms with E-state index in [9.17, 15) is 61.5 Å². The zero-order valence-electron chi connectivity index (χ0n) is 55.3. The molecular weight excluding hydrogens is 1160 g/mol. The van der Waals surface area contributed by atoms with E-state index >= 15 is 0 Å². The van der Waals surface area contributed by atoms with Gasteiger partial charge in [-0.3, -0.25) is 0 Å². The molecule has 16 N–H and O–H groups in total. The van der Waals surface area contributed by atoms with E-state index in [0.29, 0.717) is 49.4 Å². The standard InChI is InChI=1S/2C8H13F3.3C8H14F2.2C8H15F.C8H16.8H2O/c2*1-4-3-6(9)5(2)8(11)7(4)10;2*1-5-3-7(9)6(2)8(10)4-5;1-5-3-4-6(2)8(10)7(5)9;2*1-6-3-4-7(2)8(9)5-6;1-7-3-5-8(2)6-4-7;;;;;;;;/h2*4-8H,3H2,1-2H3;3*5-8H,3-4H2,1-2H3;2*6-8H,3-5H2,1-2H3;7-8H,3-6H2,1-2H3;8*1H2. The Morgan fingerprint density at radius 2 is 0.349 bits per heavy atom. The molecule has 0 amide bonds. The summed E-state index contributed by atoms with van der Waals surface area (Å²) in [6, 6.07) is 0. The molecule has 24 atom stereocenters. The topological polar surface area (TPSA) is 252 Å². The molecule has 0 aliphatic heterocycles. The van der Waals surface area contributed by atoms with Crippen LogP contribution >= 0.6 is 0 Å². The number of rotatable bonds is 0. The van der Waals surface area contributed by atoms with Crippen LogP contribution in [0.1, 0.15) is 226 Å². The summed E-state index contributed by atoms with van der Waals surface area (Å²) in [5.74, 6) is 0.953. The fourth-order valence-electron chi connectivity index (χ4n) is 11.9. The van der Waals surface area contributed by atoms with Crippen LogP contribution in [0, 0.1) is 94.7 Å². The van der Waals surface area contributed by atoms with Crippen molar-refractivity contribution in [2.75, 3.05) is 0 Å². The first-order chi connectivity index (χ1) is 36.1. The van der Waals surface area contributed by atoms with Crippen LogP contribution in [0.2, 0.25) is 0 Å². The third kappa shape index (κ3) is 36.1. The smallest absolute Gasteiger partial charge is 0.137 e. The molecule has 0 bridgehead atoms. The van der Waals surface area contributed by atoms with Gasteiger partial charge in [0.1, 0.15) is 86.4 Å². The van der Waals surface area contributed by atoms with Crippen LogP contribution in [0.3, 0.4) is 0 Å². The van der Waals surface area contributed by atoms with Gasteiger partial charge in [0.15, 0.2) is 0 Å². The molecule has 0 aromatic carbocycles. The van der Waals surface area contributed by atoms with Gasteiger partial charge in [0.05, 0.1) is 0 Å². The van der Waals surface area contributed by atoms with E-state index in [2.05, 4.69) is 27.7 Å². The highest BCUT2D eigenvalue weighted by Gasteiger charge is 2.43. The largest absolute Gasteiger partial charge is 0.412 e. The van der Waals surface area contributed by atoms with Crippen LogP contribution in [0.5, 0.6) is 0 Å². The summed E-state index contributed by atoms with van der Waals surface area (Å²) in [7, 11) is 0. The summed E-state index contributed by atoms with van der Waals surface area (Å²) in [4.78, 5) is 0. The number of alkyl halides is 14. The van der Waals surface area contributed by atoms with Gasteiger partial charge in [-0.1, -0.05) is 149 Å². The fraction of sp³-hybridized carbons (Fsp3) is 1.00. The second-order valence-corrected chi connectivity index (χ2v) is 27.5. The van der Waals surface area contributed by atoms with Gasteiger partial charge in [0.2, 0.25) is 0 Å². The third-order valence-electron chi connectivity index (χ3n) is 19.3. The minimum Gasteiger partial charge on any atom is -0.412 e. The first-order valence-corrected chi connectivity index (χ1v) is 31.1. The molecular formula is C64H130F14O8. The molecule has 0 aromatic rings. The Morgan fingerprint density at radius 1 is 0.163 bits per heavy atom. The lowest BCUT2D eigenvalue weighted by Crippen LogP contribution is -2.41. The molecule has 8 aliphatic carbocycles. The van der Waals surface area contributed by atoms with Crippen molar-refractivity contribution in [3.05, 3.63) is 0 Å². The van der Waals surface area contributed by atoms with E-state index in [0.717, 1.165) is 50.4 Å². The molecule has 8 fully saturated rings. The van der Waals surface area contributed by atoms with Crippen LogP contribution in [0.15, 0.2) is 0 Å². The summed E-state index contributed by atoms with van der Waals surface area (Å²) in [5.41, 5.74) is 0. The van der Waals surface area contributed by atoms with Crippen LogP contribution in [0.4, 0.5) is 61.5 Å². The molecule has 86 heavy (non-hydrogen) atoms. The molecule has 0 heterocycles. The third-order valence-corrected chi connectivity index (χ3v) is 19.3.